The molecule has 0 aliphatic heterocycles. The van der Waals surface area contributed by atoms with Crippen molar-refractivity contribution in [3.63, 3.8) is 0 Å². The third kappa shape index (κ3) is 3.43. The third-order valence-electron chi connectivity index (χ3n) is 2.50. The Labute approximate surface area is 85.2 Å². The predicted octanol–water partition coefficient (Wildman–Crippen LogP) is 1.78. The van der Waals surface area contributed by atoms with Crippen molar-refractivity contribution in [3.8, 4) is 0 Å². The van der Waals surface area contributed by atoms with E-state index in [2.05, 4.69) is 24.5 Å². The van der Waals surface area contributed by atoms with Gasteiger partial charge in [0.25, 0.3) is 0 Å². The largest absolute Gasteiger partial charge is 0.356 e. The number of hydrogen-bond acceptors (Lipinski definition) is 2. The van der Waals surface area contributed by atoms with Gasteiger partial charge in [-0.25, -0.2) is 0 Å². The van der Waals surface area contributed by atoms with Crippen LogP contribution >= 0.6 is 12.6 Å². The quantitative estimate of drug-likeness (QED) is 0.381. The first-order valence-corrected chi connectivity index (χ1v) is 5.34. The molecule has 2 nitrogen and oxygen atoms in total. The zero-order valence-corrected chi connectivity index (χ0v) is 8.78. The van der Waals surface area contributed by atoms with Crippen LogP contribution in [0.25, 0.3) is 0 Å². The Morgan fingerprint density at radius 1 is 1.62 bits per heavy atom. The maximum absolute atomic E-state index is 11.4. The summed E-state index contributed by atoms with van der Waals surface area (Å²) in [5.41, 5.74) is 0.237. The van der Waals surface area contributed by atoms with Crippen molar-refractivity contribution < 1.29 is 4.79 Å². The molecule has 0 heterocycles. The highest BCUT2D eigenvalue weighted by molar-refractivity contribution is 7.80. The van der Waals surface area contributed by atoms with E-state index in [1.165, 1.54) is 0 Å². The van der Waals surface area contributed by atoms with E-state index in [0.29, 0.717) is 13.0 Å². The van der Waals surface area contributed by atoms with E-state index in [1.54, 1.807) is 0 Å². The van der Waals surface area contributed by atoms with Gasteiger partial charge < -0.3 is 5.32 Å². The number of carbonyl (C=O) groups is 1. The fourth-order valence-electron chi connectivity index (χ4n) is 1.28. The lowest BCUT2D eigenvalue weighted by molar-refractivity contribution is -0.122. The second-order valence-electron chi connectivity index (χ2n) is 3.76. The number of amides is 1. The average molecular weight is 199 g/mol. The Bertz CT molecular complexity index is 199. The molecule has 1 N–H and O–H groups in total. The zero-order chi connectivity index (χ0) is 9.73. The van der Waals surface area contributed by atoms with Crippen LogP contribution in [0.2, 0.25) is 0 Å². The number of hydrogen-bond donors (Lipinski definition) is 2. The Morgan fingerprint density at radius 2 is 2.31 bits per heavy atom. The van der Waals surface area contributed by atoms with Crippen LogP contribution in [0.3, 0.4) is 0 Å². The second-order valence-corrected chi connectivity index (χ2v) is 4.08. The fraction of sp³-hybridized carbons (Fsp3) is 0.700. The van der Waals surface area contributed by atoms with Gasteiger partial charge in [0.15, 0.2) is 0 Å². The fourth-order valence-corrected chi connectivity index (χ4v) is 1.71. The summed E-state index contributed by atoms with van der Waals surface area (Å²) in [7, 11) is 0. The van der Waals surface area contributed by atoms with E-state index in [-0.39, 0.29) is 11.3 Å². The van der Waals surface area contributed by atoms with Crippen molar-refractivity contribution in [2.45, 2.75) is 25.7 Å². The van der Waals surface area contributed by atoms with Crippen LogP contribution in [-0.2, 0) is 4.79 Å². The minimum atomic E-state index is 0.161. The van der Waals surface area contributed by atoms with E-state index in [9.17, 15) is 4.79 Å². The van der Waals surface area contributed by atoms with Gasteiger partial charge in [-0.1, -0.05) is 6.08 Å². The summed E-state index contributed by atoms with van der Waals surface area (Å²) in [4.78, 5) is 11.4. The molecule has 13 heavy (non-hydrogen) atoms. The maximum Gasteiger partial charge on any atom is 0.220 e. The van der Waals surface area contributed by atoms with Gasteiger partial charge in [0.2, 0.25) is 5.91 Å². The number of rotatable bonds is 6. The van der Waals surface area contributed by atoms with E-state index in [4.69, 9.17) is 0 Å². The minimum absolute atomic E-state index is 0.161. The van der Waals surface area contributed by atoms with Gasteiger partial charge in [-0.05, 0) is 30.4 Å². The van der Waals surface area contributed by atoms with Crippen molar-refractivity contribution in [2.75, 3.05) is 12.3 Å². The van der Waals surface area contributed by atoms with Gasteiger partial charge in [0.05, 0.1) is 0 Å². The summed E-state index contributed by atoms with van der Waals surface area (Å²) in [6.07, 6.45) is 5.62. The molecule has 0 aromatic heterocycles. The molecule has 0 unspecified atom stereocenters. The second kappa shape index (κ2) is 4.70. The Morgan fingerprint density at radius 3 is 2.77 bits per heavy atom. The Balaban J connectivity index is 2.14. The van der Waals surface area contributed by atoms with E-state index < -0.39 is 0 Å². The lowest BCUT2D eigenvalue weighted by atomic mass is 10.1. The van der Waals surface area contributed by atoms with Crippen LogP contribution < -0.4 is 5.32 Å². The van der Waals surface area contributed by atoms with Crippen molar-refractivity contribution in [1.29, 1.82) is 0 Å². The van der Waals surface area contributed by atoms with E-state index in [0.717, 1.165) is 25.0 Å². The molecular formula is C10H17NOS. The van der Waals surface area contributed by atoms with Crippen LogP contribution in [0.1, 0.15) is 25.7 Å². The number of thiol groups is 1. The van der Waals surface area contributed by atoms with Crippen LogP contribution in [0.15, 0.2) is 12.7 Å². The van der Waals surface area contributed by atoms with Crippen molar-refractivity contribution >= 4 is 18.5 Å². The van der Waals surface area contributed by atoms with Crippen LogP contribution in [0.5, 0.6) is 0 Å². The average Bonchev–Trinajstić information content (AvgIpc) is 2.86. The smallest absolute Gasteiger partial charge is 0.220 e. The molecule has 1 amide bonds. The molecule has 74 valence electrons. The third-order valence-corrected chi connectivity index (χ3v) is 3.17. The van der Waals surface area contributed by atoms with Gasteiger partial charge in [-0.3, -0.25) is 4.79 Å². The van der Waals surface area contributed by atoms with Crippen molar-refractivity contribution in [1.82, 2.24) is 5.32 Å². The first-order chi connectivity index (χ1) is 6.22. The van der Waals surface area contributed by atoms with Crippen molar-refractivity contribution in [2.24, 2.45) is 5.41 Å². The minimum Gasteiger partial charge on any atom is -0.356 e. The summed E-state index contributed by atoms with van der Waals surface area (Å²) in [6.45, 7) is 4.31. The van der Waals surface area contributed by atoms with Gasteiger partial charge in [0.1, 0.15) is 0 Å². The van der Waals surface area contributed by atoms with Crippen LogP contribution in [0, 0.1) is 5.41 Å². The zero-order valence-electron chi connectivity index (χ0n) is 7.88. The highest BCUT2D eigenvalue weighted by Gasteiger charge is 2.42. The molecule has 3 heteroatoms. The normalized spacial score (nSPS) is 17.9. The van der Waals surface area contributed by atoms with Crippen LogP contribution in [0.4, 0.5) is 0 Å². The van der Waals surface area contributed by atoms with Gasteiger partial charge in [-0.15, -0.1) is 6.58 Å². The molecule has 0 radical (unpaired) electrons. The summed E-state index contributed by atoms with van der Waals surface area (Å²) in [5, 5.41) is 2.87. The maximum atomic E-state index is 11.4. The van der Waals surface area contributed by atoms with Gasteiger partial charge >= 0.3 is 0 Å². The highest BCUT2D eigenvalue weighted by atomic mass is 32.1. The molecule has 0 aromatic carbocycles. The standard InChI is InChI=1S/C10H17NOS/c1-2-3-6-11-9(12)7-10(8-13)4-5-10/h2,13H,1,3-8H2,(H,11,12). The molecule has 1 saturated carbocycles. The molecule has 1 aliphatic rings. The lowest BCUT2D eigenvalue weighted by Crippen LogP contribution is -2.27. The monoisotopic (exact) mass is 199 g/mol. The molecule has 0 spiro atoms. The first kappa shape index (κ1) is 10.6. The van der Waals surface area contributed by atoms with Gasteiger partial charge in [-0.2, -0.15) is 12.6 Å². The Hall–Kier alpha value is -0.440. The first-order valence-electron chi connectivity index (χ1n) is 4.71. The number of nitrogens with one attached hydrogen (secondary N) is 1. The summed E-state index contributed by atoms with van der Waals surface area (Å²) >= 11 is 4.25. The molecular weight excluding hydrogens is 182 g/mol. The molecule has 0 saturated heterocycles. The molecule has 1 fully saturated rings. The predicted molar refractivity (Wildman–Crippen MR) is 58.0 cm³/mol. The summed E-state index contributed by atoms with van der Waals surface area (Å²) in [6, 6.07) is 0. The van der Waals surface area contributed by atoms with Crippen molar-refractivity contribution in [3.05, 3.63) is 12.7 Å². The number of carbonyl (C=O) groups excluding carboxylic acids is 1. The topological polar surface area (TPSA) is 29.1 Å². The molecule has 0 aromatic rings. The molecule has 0 bridgehead atoms. The molecule has 1 rings (SSSR count). The SMILES string of the molecule is C=CCCNC(=O)CC1(CS)CC1. The summed E-state index contributed by atoms with van der Waals surface area (Å²) < 4.78 is 0. The lowest BCUT2D eigenvalue weighted by Gasteiger charge is -2.10. The Kier molecular flexibility index (Phi) is 3.85. The van der Waals surface area contributed by atoms with E-state index in [1.807, 2.05) is 6.08 Å². The summed E-state index contributed by atoms with van der Waals surface area (Å²) in [5.74, 6) is 0.996. The van der Waals surface area contributed by atoms with Crippen LogP contribution in [-0.4, -0.2) is 18.2 Å². The highest BCUT2D eigenvalue weighted by Crippen LogP contribution is 2.49. The molecule has 0 atom stereocenters. The van der Waals surface area contributed by atoms with Gasteiger partial charge in [0, 0.05) is 13.0 Å². The molecule has 1 aliphatic carbocycles. The van der Waals surface area contributed by atoms with E-state index >= 15 is 0 Å².